The highest BCUT2D eigenvalue weighted by Crippen LogP contribution is 2.18. The van der Waals surface area contributed by atoms with Crippen LogP contribution in [0.4, 0.5) is 14.5 Å². The molecule has 2 rings (SSSR count). The van der Waals surface area contributed by atoms with Gasteiger partial charge < -0.3 is 5.32 Å². The number of nitrogens with one attached hydrogen (secondary N) is 1. The van der Waals surface area contributed by atoms with Gasteiger partial charge in [-0.05, 0) is 65.4 Å². The molecule has 2 aromatic rings. The molecule has 94 valence electrons. The average molecular weight is 359 g/mol. The van der Waals surface area contributed by atoms with Crippen molar-refractivity contribution in [3.63, 3.8) is 0 Å². The Morgan fingerprint density at radius 3 is 2.61 bits per heavy atom. The van der Waals surface area contributed by atoms with Gasteiger partial charge in [0.25, 0.3) is 0 Å². The van der Waals surface area contributed by atoms with Crippen LogP contribution >= 0.6 is 22.6 Å². The predicted octanol–water partition coefficient (Wildman–Crippen LogP) is 4.49. The summed E-state index contributed by atoms with van der Waals surface area (Å²) in [5.74, 6) is -0.822. The monoisotopic (exact) mass is 359 g/mol. The first-order valence-electron chi connectivity index (χ1n) is 5.50. The molecule has 0 aliphatic carbocycles. The van der Waals surface area contributed by atoms with Gasteiger partial charge in [-0.15, -0.1) is 0 Å². The van der Waals surface area contributed by atoms with Gasteiger partial charge in [-0.2, -0.15) is 0 Å². The predicted molar refractivity (Wildman–Crippen MR) is 77.6 cm³/mol. The lowest BCUT2D eigenvalue weighted by molar-refractivity contribution is 0.587. The third-order valence-corrected chi connectivity index (χ3v) is 3.82. The van der Waals surface area contributed by atoms with Crippen LogP contribution in [-0.2, 0) is 6.54 Å². The third kappa shape index (κ3) is 3.19. The van der Waals surface area contributed by atoms with Crippen LogP contribution in [0.2, 0.25) is 0 Å². The molecule has 0 bridgehead atoms. The molecule has 1 nitrogen and oxygen atoms in total. The Kier molecular flexibility index (Phi) is 4.16. The van der Waals surface area contributed by atoms with E-state index in [0.717, 1.165) is 21.4 Å². The van der Waals surface area contributed by atoms with E-state index in [4.69, 9.17) is 0 Å². The van der Waals surface area contributed by atoms with Crippen LogP contribution in [0.1, 0.15) is 11.1 Å². The third-order valence-electron chi connectivity index (χ3n) is 2.66. The van der Waals surface area contributed by atoms with Crippen molar-refractivity contribution in [2.24, 2.45) is 0 Å². The maximum Gasteiger partial charge on any atom is 0.128 e. The second-order valence-electron chi connectivity index (χ2n) is 4.05. The molecule has 1 N–H and O–H groups in total. The summed E-state index contributed by atoms with van der Waals surface area (Å²) in [4.78, 5) is 0. The molecule has 0 saturated heterocycles. The van der Waals surface area contributed by atoms with Gasteiger partial charge in [0.1, 0.15) is 11.6 Å². The highest BCUT2D eigenvalue weighted by Gasteiger charge is 2.04. The molecule has 0 saturated carbocycles. The zero-order valence-electron chi connectivity index (χ0n) is 9.81. The Hall–Kier alpha value is -1.17. The largest absolute Gasteiger partial charge is 0.381 e. The summed E-state index contributed by atoms with van der Waals surface area (Å²) >= 11 is 2.24. The molecule has 0 atom stereocenters. The van der Waals surface area contributed by atoms with Crippen LogP contribution in [-0.4, -0.2) is 0 Å². The molecule has 0 spiro atoms. The molecule has 0 amide bonds. The minimum absolute atomic E-state index is 0.267. The Bertz CT molecular complexity index is 570. The molecule has 0 radical (unpaired) electrons. The Morgan fingerprint density at radius 2 is 1.89 bits per heavy atom. The lowest BCUT2D eigenvalue weighted by Gasteiger charge is -2.09. The van der Waals surface area contributed by atoms with Gasteiger partial charge in [0.2, 0.25) is 0 Å². The molecule has 0 aromatic heterocycles. The van der Waals surface area contributed by atoms with Crippen LogP contribution in [0.3, 0.4) is 0 Å². The number of halogens is 3. The van der Waals surface area contributed by atoms with E-state index in [1.165, 1.54) is 11.6 Å². The molecule has 0 aliphatic rings. The molecule has 18 heavy (non-hydrogen) atoms. The average Bonchev–Trinajstić information content (AvgIpc) is 2.34. The lowest BCUT2D eigenvalue weighted by Crippen LogP contribution is -2.02. The Morgan fingerprint density at radius 1 is 1.11 bits per heavy atom. The van der Waals surface area contributed by atoms with Crippen molar-refractivity contribution in [3.8, 4) is 0 Å². The summed E-state index contributed by atoms with van der Waals surface area (Å²) in [5.41, 5.74) is 2.41. The topological polar surface area (TPSA) is 12.0 Å². The second-order valence-corrected chi connectivity index (χ2v) is 5.22. The van der Waals surface area contributed by atoms with E-state index in [1.807, 2.05) is 25.1 Å². The summed E-state index contributed by atoms with van der Waals surface area (Å²) in [6.07, 6.45) is 0. The fourth-order valence-electron chi connectivity index (χ4n) is 1.58. The second kappa shape index (κ2) is 5.65. The smallest absolute Gasteiger partial charge is 0.128 e. The van der Waals surface area contributed by atoms with Crippen molar-refractivity contribution in [1.82, 2.24) is 0 Å². The van der Waals surface area contributed by atoms with E-state index in [9.17, 15) is 8.78 Å². The fourth-order valence-corrected chi connectivity index (χ4v) is 2.09. The number of anilines is 1. The van der Waals surface area contributed by atoms with Gasteiger partial charge in [-0.3, -0.25) is 0 Å². The molecule has 0 aliphatic heterocycles. The van der Waals surface area contributed by atoms with E-state index in [0.29, 0.717) is 5.56 Å². The van der Waals surface area contributed by atoms with Gasteiger partial charge in [-0.1, -0.05) is 6.07 Å². The van der Waals surface area contributed by atoms with E-state index < -0.39 is 11.6 Å². The Labute approximate surface area is 118 Å². The number of aryl methyl sites for hydroxylation is 1. The minimum atomic E-state index is -0.424. The molecular weight excluding hydrogens is 347 g/mol. The first-order valence-corrected chi connectivity index (χ1v) is 6.58. The highest BCUT2D eigenvalue weighted by molar-refractivity contribution is 14.1. The molecule has 2 aromatic carbocycles. The van der Waals surface area contributed by atoms with Gasteiger partial charge in [0.15, 0.2) is 0 Å². The normalized spacial score (nSPS) is 10.4. The van der Waals surface area contributed by atoms with Gasteiger partial charge >= 0.3 is 0 Å². The molecule has 0 unspecified atom stereocenters. The number of benzene rings is 2. The van der Waals surface area contributed by atoms with Crippen molar-refractivity contribution in [3.05, 3.63) is 62.7 Å². The maximum absolute atomic E-state index is 13.4. The quantitative estimate of drug-likeness (QED) is 0.797. The number of rotatable bonds is 3. The number of hydrogen-bond donors (Lipinski definition) is 1. The molecule has 0 fully saturated rings. The standard InChI is InChI=1S/C14H12F2IN/c1-9-2-4-12(7-14(9)17)18-8-10-6-11(15)3-5-13(10)16/h2-7,18H,8H2,1H3. The van der Waals surface area contributed by atoms with Crippen LogP contribution in [0.15, 0.2) is 36.4 Å². The highest BCUT2D eigenvalue weighted by atomic mass is 127. The summed E-state index contributed by atoms with van der Waals surface area (Å²) in [7, 11) is 0. The van der Waals surface area contributed by atoms with Crippen LogP contribution in [0, 0.1) is 22.1 Å². The van der Waals surface area contributed by atoms with E-state index in [1.54, 1.807) is 0 Å². The SMILES string of the molecule is Cc1ccc(NCc2cc(F)ccc2F)cc1I. The van der Waals surface area contributed by atoms with Crippen molar-refractivity contribution in [1.29, 1.82) is 0 Å². The number of hydrogen-bond acceptors (Lipinski definition) is 1. The van der Waals surface area contributed by atoms with Crippen molar-refractivity contribution < 1.29 is 8.78 Å². The molecular formula is C14H12F2IN. The van der Waals surface area contributed by atoms with Crippen LogP contribution in [0.25, 0.3) is 0 Å². The van der Waals surface area contributed by atoms with Gasteiger partial charge in [0.05, 0.1) is 0 Å². The summed E-state index contributed by atoms with van der Waals surface area (Å²) in [6, 6.07) is 9.37. The van der Waals surface area contributed by atoms with Crippen molar-refractivity contribution in [2.75, 3.05) is 5.32 Å². The fraction of sp³-hybridized carbons (Fsp3) is 0.143. The molecule has 4 heteroatoms. The van der Waals surface area contributed by atoms with Crippen LogP contribution < -0.4 is 5.32 Å². The summed E-state index contributed by atoms with van der Waals surface area (Å²) < 4.78 is 27.5. The van der Waals surface area contributed by atoms with Gasteiger partial charge in [-0.25, -0.2) is 8.78 Å². The maximum atomic E-state index is 13.4. The van der Waals surface area contributed by atoms with Crippen LogP contribution in [0.5, 0.6) is 0 Å². The van der Waals surface area contributed by atoms with Crippen molar-refractivity contribution in [2.45, 2.75) is 13.5 Å². The summed E-state index contributed by atoms with van der Waals surface area (Å²) in [6.45, 7) is 2.29. The zero-order valence-corrected chi connectivity index (χ0v) is 12.0. The van der Waals surface area contributed by atoms with E-state index in [2.05, 4.69) is 27.9 Å². The van der Waals surface area contributed by atoms with E-state index >= 15 is 0 Å². The summed E-state index contributed by atoms with van der Waals surface area (Å²) in [5, 5.41) is 3.09. The minimum Gasteiger partial charge on any atom is -0.381 e. The van der Waals surface area contributed by atoms with Gasteiger partial charge in [0, 0.05) is 21.4 Å². The first-order chi connectivity index (χ1) is 8.56. The Balaban J connectivity index is 2.11. The van der Waals surface area contributed by atoms with E-state index in [-0.39, 0.29) is 6.54 Å². The zero-order chi connectivity index (χ0) is 13.1. The van der Waals surface area contributed by atoms with Crippen molar-refractivity contribution >= 4 is 28.3 Å². The molecule has 0 heterocycles. The lowest BCUT2D eigenvalue weighted by atomic mass is 10.2. The first kappa shape index (κ1) is 13.3.